The Morgan fingerprint density at radius 3 is 2.47 bits per heavy atom. The van der Waals surface area contributed by atoms with Crippen LogP contribution in [0.2, 0.25) is 0 Å². The molecule has 0 aliphatic carbocycles. The van der Waals surface area contributed by atoms with Gasteiger partial charge in [-0.2, -0.15) is 0 Å². The average Bonchev–Trinajstić information content (AvgIpc) is 2.16. The molecule has 0 saturated heterocycles. The maximum absolute atomic E-state index is 12.5. The van der Waals surface area contributed by atoms with E-state index >= 15 is 0 Å². The normalized spacial score (nSPS) is 10.5. The van der Waals surface area contributed by atoms with Gasteiger partial charge in [-0.15, -0.1) is 12.6 Å². The maximum Gasteiger partial charge on any atom is 0.264 e. The molecule has 0 fully saturated rings. The summed E-state index contributed by atoms with van der Waals surface area (Å²) < 4.78 is 30.0. The molecule has 0 unspecified atom stereocenters. The number of thiol groups is 1. The van der Waals surface area contributed by atoms with E-state index in [1.807, 2.05) is 0 Å². The van der Waals surface area contributed by atoms with Gasteiger partial charge in [0.25, 0.3) is 6.43 Å². The number of ether oxygens (including phenoxy) is 1. The summed E-state index contributed by atoms with van der Waals surface area (Å²) in [6, 6.07) is 2.51. The van der Waals surface area contributed by atoms with Crippen LogP contribution in [-0.4, -0.2) is 12.2 Å². The lowest BCUT2D eigenvalue weighted by atomic mass is 10.0. The highest BCUT2D eigenvalue weighted by atomic mass is 32.1. The highest BCUT2D eigenvalue weighted by Gasteiger charge is 2.18. The molecule has 0 radical (unpaired) electrons. The summed E-state index contributed by atoms with van der Waals surface area (Å²) in [7, 11) is 1.33. The van der Waals surface area contributed by atoms with Crippen molar-refractivity contribution in [3.8, 4) is 5.75 Å². The van der Waals surface area contributed by atoms with Crippen LogP contribution in [0.3, 0.4) is 0 Å². The molecule has 0 aliphatic heterocycles. The minimum Gasteiger partial charge on any atom is -0.496 e. The summed E-state index contributed by atoms with van der Waals surface area (Å²) in [6.45, 7) is 1.49. The van der Waals surface area contributed by atoms with Gasteiger partial charge in [-0.3, -0.25) is 4.79 Å². The molecular weight excluding hydrogens is 222 g/mol. The van der Waals surface area contributed by atoms with Crippen LogP contribution >= 0.6 is 12.6 Å². The Morgan fingerprint density at radius 2 is 2.07 bits per heavy atom. The third-order valence-corrected chi connectivity index (χ3v) is 2.36. The number of alkyl halides is 2. The van der Waals surface area contributed by atoms with E-state index in [4.69, 9.17) is 4.74 Å². The van der Waals surface area contributed by atoms with Crippen LogP contribution in [0.25, 0.3) is 0 Å². The molecular formula is C10H10F2O2S. The minimum absolute atomic E-state index is 0.134. The average molecular weight is 232 g/mol. The van der Waals surface area contributed by atoms with Gasteiger partial charge in [-0.25, -0.2) is 8.78 Å². The highest BCUT2D eigenvalue weighted by molar-refractivity contribution is 7.97. The van der Waals surface area contributed by atoms with Crippen molar-refractivity contribution in [2.45, 2.75) is 13.3 Å². The van der Waals surface area contributed by atoms with E-state index in [9.17, 15) is 13.6 Å². The Hall–Kier alpha value is -1.10. The second-order valence-corrected chi connectivity index (χ2v) is 3.37. The summed E-state index contributed by atoms with van der Waals surface area (Å²) in [6.07, 6.45) is -2.58. The van der Waals surface area contributed by atoms with E-state index in [1.54, 1.807) is 0 Å². The molecule has 2 nitrogen and oxygen atoms in total. The quantitative estimate of drug-likeness (QED) is 0.811. The third kappa shape index (κ3) is 2.28. The Balaban J connectivity index is 3.39. The number of carbonyl (C=O) groups excluding carboxylic acids is 1. The summed E-state index contributed by atoms with van der Waals surface area (Å²) >= 11 is 3.64. The van der Waals surface area contributed by atoms with Crippen molar-refractivity contribution in [1.29, 1.82) is 0 Å². The summed E-state index contributed by atoms with van der Waals surface area (Å²) in [4.78, 5) is 11.1. The molecule has 0 N–H and O–H groups in total. The zero-order valence-electron chi connectivity index (χ0n) is 8.25. The molecule has 82 valence electrons. The van der Waals surface area contributed by atoms with E-state index in [-0.39, 0.29) is 22.4 Å². The van der Waals surface area contributed by atoms with E-state index in [0.29, 0.717) is 0 Å². The van der Waals surface area contributed by atoms with Gasteiger partial charge < -0.3 is 4.74 Å². The first kappa shape index (κ1) is 12.0. The van der Waals surface area contributed by atoms with Gasteiger partial charge in [-0.1, -0.05) is 6.07 Å². The molecule has 0 aromatic heterocycles. The molecule has 5 heteroatoms. The van der Waals surface area contributed by atoms with Crippen LogP contribution in [0.15, 0.2) is 12.1 Å². The number of halogens is 2. The number of methoxy groups -OCH3 is 1. The molecule has 1 aromatic rings. The molecule has 0 aliphatic rings. The third-order valence-electron chi connectivity index (χ3n) is 2.12. The van der Waals surface area contributed by atoms with Gasteiger partial charge in [0.05, 0.1) is 12.7 Å². The van der Waals surface area contributed by atoms with E-state index < -0.39 is 11.5 Å². The van der Waals surface area contributed by atoms with Crippen LogP contribution in [0, 0.1) is 6.92 Å². The van der Waals surface area contributed by atoms with Crippen LogP contribution < -0.4 is 4.74 Å². The van der Waals surface area contributed by atoms with Gasteiger partial charge in [0.1, 0.15) is 5.75 Å². The fourth-order valence-corrected chi connectivity index (χ4v) is 1.55. The first-order valence-electron chi connectivity index (χ1n) is 4.18. The number of hydrogen-bond acceptors (Lipinski definition) is 2. The molecule has 0 saturated carbocycles. The molecule has 0 atom stereocenters. The Labute approximate surface area is 91.7 Å². The van der Waals surface area contributed by atoms with Crippen molar-refractivity contribution in [2.24, 2.45) is 0 Å². The van der Waals surface area contributed by atoms with Gasteiger partial charge in [-0.05, 0) is 13.0 Å². The molecule has 0 amide bonds. The first-order chi connectivity index (χ1) is 6.99. The second-order valence-electron chi connectivity index (χ2n) is 2.97. The zero-order valence-corrected chi connectivity index (χ0v) is 9.15. The smallest absolute Gasteiger partial charge is 0.264 e. The number of benzene rings is 1. The Bertz CT molecular complexity index is 391. The van der Waals surface area contributed by atoms with Crippen LogP contribution in [0.5, 0.6) is 5.75 Å². The lowest BCUT2D eigenvalue weighted by Crippen LogP contribution is -2.01. The zero-order chi connectivity index (χ0) is 11.6. The van der Waals surface area contributed by atoms with Crippen molar-refractivity contribution in [2.75, 3.05) is 7.11 Å². The maximum atomic E-state index is 12.5. The standard InChI is InChI=1S/C10H10F2O2S/c1-5-6(9(11)12)3-4-7(10(13)15)8(5)14-2/h3-4,9H,1-2H3,(H,13,15). The van der Waals surface area contributed by atoms with Gasteiger partial charge in [0.2, 0.25) is 5.12 Å². The molecule has 0 heterocycles. The number of rotatable bonds is 3. The van der Waals surface area contributed by atoms with Crippen LogP contribution in [0.1, 0.15) is 27.9 Å². The van der Waals surface area contributed by atoms with E-state index in [0.717, 1.165) is 0 Å². The van der Waals surface area contributed by atoms with Crippen molar-refractivity contribution >= 4 is 17.7 Å². The lowest BCUT2D eigenvalue weighted by molar-refractivity contribution is 0.108. The van der Waals surface area contributed by atoms with Gasteiger partial charge >= 0.3 is 0 Å². The molecule has 1 rings (SSSR count). The van der Waals surface area contributed by atoms with Crippen LogP contribution in [0.4, 0.5) is 8.78 Å². The van der Waals surface area contributed by atoms with Crippen molar-refractivity contribution in [3.63, 3.8) is 0 Å². The fraction of sp³-hybridized carbons (Fsp3) is 0.300. The summed E-state index contributed by atoms with van der Waals surface area (Å²) in [5.41, 5.74) is 0.334. The fourth-order valence-electron chi connectivity index (χ4n) is 1.37. The molecule has 15 heavy (non-hydrogen) atoms. The van der Waals surface area contributed by atoms with E-state index in [2.05, 4.69) is 12.6 Å². The van der Waals surface area contributed by atoms with Crippen molar-refractivity contribution in [3.05, 3.63) is 28.8 Å². The second kappa shape index (κ2) is 4.61. The van der Waals surface area contributed by atoms with Crippen molar-refractivity contribution in [1.82, 2.24) is 0 Å². The largest absolute Gasteiger partial charge is 0.496 e. The topological polar surface area (TPSA) is 26.3 Å². The Morgan fingerprint density at radius 1 is 1.47 bits per heavy atom. The van der Waals surface area contributed by atoms with Crippen LogP contribution in [-0.2, 0) is 0 Å². The van der Waals surface area contributed by atoms with Gasteiger partial charge in [0, 0.05) is 11.1 Å². The monoisotopic (exact) mass is 232 g/mol. The van der Waals surface area contributed by atoms with E-state index in [1.165, 1.54) is 26.2 Å². The number of hydrogen-bond donors (Lipinski definition) is 1. The number of carbonyl (C=O) groups is 1. The predicted molar refractivity (Wildman–Crippen MR) is 56.0 cm³/mol. The molecule has 0 bridgehead atoms. The minimum atomic E-state index is -2.58. The SMILES string of the molecule is COc1c(C(=O)S)ccc(C(F)F)c1C. The predicted octanol–water partition coefficient (Wildman–Crippen LogP) is 3.01. The van der Waals surface area contributed by atoms with Crippen molar-refractivity contribution < 1.29 is 18.3 Å². The van der Waals surface area contributed by atoms with Gasteiger partial charge in [0.15, 0.2) is 0 Å². The lowest BCUT2D eigenvalue weighted by Gasteiger charge is -2.12. The summed E-state index contributed by atoms with van der Waals surface area (Å²) in [5.74, 6) is 0.160. The molecule has 0 spiro atoms. The summed E-state index contributed by atoms with van der Waals surface area (Å²) in [5, 5.41) is -0.504. The Kier molecular flexibility index (Phi) is 3.68. The highest BCUT2D eigenvalue weighted by Crippen LogP contribution is 2.32. The first-order valence-corrected chi connectivity index (χ1v) is 4.62. The molecule has 1 aromatic carbocycles.